The molecule has 1 unspecified atom stereocenters. The number of carbonyl (C=O) groups is 1. The summed E-state index contributed by atoms with van der Waals surface area (Å²) in [5.41, 5.74) is 6.85. The first-order chi connectivity index (χ1) is 9.11. The quantitative estimate of drug-likeness (QED) is 0.829. The van der Waals surface area contributed by atoms with E-state index in [9.17, 15) is 9.90 Å². The second kappa shape index (κ2) is 5.83. The summed E-state index contributed by atoms with van der Waals surface area (Å²) in [6.07, 6.45) is 1.02. The van der Waals surface area contributed by atoms with E-state index in [1.807, 2.05) is 11.0 Å². The lowest BCUT2D eigenvalue weighted by molar-refractivity contribution is -0.124. The lowest BCUT2D eigenvalue weighted by atomic mass is 9.99. The van der Waals surface area contributed by atoms with E-state index in [-0.39, 0.29) is 6.10 Å². The smallest absolute Gasteiger partial charge is 0.239 e. The van der Waals surface area contributed by atoms with E-state index in [4.69, 9.17) is 11.0 Å². The van der Waals surface area contributed by atoms with E-state index >= 15 is 0 Å². The molecule has 0 radical (unpaired) electrons. The number of carbonyl (C=O) groups excluding carboxylic acids is 1. The Kier molecular flexibility index (Phi) is 4.15. The van der Waals surface area contributed by atoms with Gasteiger partial charge in [0.1, 0.15) is 6.04 Å². The van der Waals surface area contributed by atoms with Gasteiger partial charge in [-0.05, 0) is 30.5 Å². The van der Waals surface area contributed by atoms with Crippen LogP contribution in [0, 0.1) is 11.3 Å². The number of hydrogen-bond acceptors (Lipinski definition) is 4. The van der Waals surface area contributed by atoms with Crippen LogP contribution in [0.25, 0.3) is 0 Å². The number of piperidine rings is 1. The fraction of sp³-hybridized carbons (Fsp3) is 0.429. The first-order valence-corrected chi connectivity index (χ1v) is 6.33. The summed E-state index contributed by atoms with van der Waals surface area (Å²) in [5.74, 6) is -0.402. The number of nitrogens with zero attached hydrogens (tertiary/aromatic N) is 2. The predicted octanol–water partition coefficient (Wildman–Crippen LogP) is 0.541. The van der Waals surface area contributed by atoms with Crippen LogP contribution in [0.2, 0.25) is 0 Å². The molecule has 0 aliphatic carbocycles. The largest absolute Gasteiger partial charge is 0.393 e. The van der Waals surface area contributed by atoms with Crippen molar-refractivity contribution in [1.82, 2.24) is 4.90 Å². The average molecular weight is 259 g/mol. The van der Waals surface area contributed by atoms with E-state index in [2.05, 4.69) is 0 Å². The van der Waals surface area contributed by atoms with Crippen molar-refractivity contribution >= 4 is 5.91 Å². The number of nitriles is 1. The summed E-state index contributed by atoms with van der Waals surface area (Å²) in [5, 5.41) is 18.3. The van der Waals surface area contributed by atoms with Crippen LogP contribution in [0.5, 0.6) is 0 Å². The first kappa shape index (κ1) is 13.5. The highest BCUT2D eigenvalue weighted by atomic mass is 16.3. The van der Waals surface area contributed by atoms with Gasteiger partial charge in [0.2, 0.25) is 5.91 Å². The molecule has 3 N–H and O–H groups in total. The molecule has 19 heavy (non-hydrogen) atoms. The molecule has 0 spiro atoms. The molecule has 1 aliphatic rings. The van der Waals surface area contributed by atoms with Gasteiger partial charge < -0.3 is 10.8 Å². The van der Waals surface area contributed by atoms with E-state index in [1.54, 1.807) is 24.3 Å². The minimum Gasteiger partial charge on any atom is -0.393 e. The van der Waals surface area contributed by atoms with Crippen molar-refractivity contribution < 1.29 is 9.90 Å². The molecule has 1 fully saturated rings. The number of hydrogen-bond donors (Lipinski definition) is 2. The molecule has 1 heterocycles. The summed E-state index contributed by atoms with van der Waals surface area (Å²) < 4.78 is 0. The highest BCUT2D eigenvalue weighted by Crippen LogP contribution is 2.24. The number of amides is 1. The van der Waals surface area contributed by atoms with Gasteiger partial charge in [-0.1, -0.05) is 12.1 Å². The van der Waals surface area contributed by atoms with Crippen LogP contribution in [-0.2, 0) is 4.79 Å². The Balaban J connectivity index is 2.20. The van der Waals surface area contributed by atoms with Crippen molar-refractivity contribution in [2.24, 2.45) is 5.73 Å². The Morgan fingerprint density at radius 2 is 1.95 bits per heavy atom. The Morgan fingerprint density at radius 3 is 2.42 bits per heavy atom. The Labute approximate surface area is 112 Å². The van der Waals surface area contributed by atoms with Crippen LogP contribution in [0.15, 0.2) is 24.3 Å². The van der Waals surface area contributed by atoms with Gasteiger partial charge >= 0.3 is 0 Å². The predicted molar refractivity (Wildman–Crippen MR) is 69.9 cm³/mol. The molecule has 0 aromatic heterocycles. The molecular weight excluding hydrogens is 242 g/mol. The van der Waals surface area contributed by atoms with Gasteiger partial charge in [0, 0.05) is 13.1 Å². The lowest BCUT2D eigenvalue weighted by Crippen LogP contribution is -2.43. The van der Waals surface area contributed by atoms with Crippen LogP contribution in [0.3, 0.4) is 0 Å². The van der Waals surface area contributed by atoms with Crippen LogP contribution in [-0.4, -0.2) is 35.1 Å². The molecule has 1 aliphatic heterocycles. The molecule has 1 aromatic carbocycles. The second-order valence-electron chi connectivity index (χ2n) is 4.81. The van der Waals surface area contributed by atoms with Crippen molar-refractivity contribution in [3.05, 3.63) is 35.4 Å². The van der Waals surface area contributed by atoms with Crippen LogP contribution >= 0.6 is 0 Å². The van der Waals surface area contributed by atoms with E-state index < -0.39 is 11.9 Å². The lowest BCUT2D eigenvalue weighted by Gasteiger charge is -2.34. The third-order valence-electron chi connectivity index (χ3n) is 3.49. The molecule has 5 heteroatoms. The van der Waals surface area contributed by atoms with Gasteiger partial charge in [-0.2, -0.15) is 5.26 Å². The topological polar surface area (TPSA) is 90.3 Å². The second-order valence-corrected chi connectivity index (χ2v) is 4.81. The van der Waals surface area contributed by atoms with Crippen LogP contribution in [0.1, 0.15) is 30.0 Å². The van der Waals surface area contributed by atoms with Crippen molar-refractivity contribution in [1.29, 1.82) is 5.26 Å². The molecule has 1 amide bonds. The van der Waals surface area contributed by atoms with Crippen LogP contribution < -0.4 is 5.73 Å². The number of rotatable bonds is 3. The van der Waals surface area contributed by atoms with Crippen LogP contribution in [0.4, 0.5) is 0 Å². The average Bonchev–Trinajstić information content (AvgIpc) is 2.42. The number of likely N-dealkylation sites (tertiary alicyclic amines) is 1. The molecule has 0 saturated carbocycles. The monoisotopic (exact) mass is 259 g/mol. The Morgan fingerprint density at radius 1 is 1.37 bits per heavy atom. The molecule has 1 aromatic rings. The maximum atomic E-state index is 11.7. The highest BCUT2D eigenvalue weighted by Gasteiger charge is 2.28. The van der Waals surface area contributed by atoms with Gasteiger partial charge in [-0.3, -0.25) is 9.69 Å². The highest BCUT2D eigenvalue weighted by molar-refractivity contribution is 5.81. The number of benzene rings is 1. The summed E-state index contributed by atoms with van der Waals surface area (Å²) in [7, 11) is 0. The fourth-order valence-electron chi connectivity index (χ4n) is 2.44. The normalized spacial score (nSPS) is 18.7. The minimum absolute atomic E-state index is 0.286. The zero-order valence-electron chi connectivity index (χ0n) is 10.6. The van der Waals surface area contributed by atoms with Crippen molar-refractivity contribution in [3.8, 4) is 6.07 Å². The molecule has 1 atom stereocenters. The number of aliphatic hydroxyl groups excluding tert-OH is 1. The summed E-state index contributed by atoms with van der Waals surface area (Å²) in [6, 6.07) is 8.45. The summed E-state index contributed by atoms with van der Waals surface area (Å²) in [6.45, 7) is 1.30. The molecule has 2 rings (SSSR count). The zero-order valence-corrected chi connectivity index (χ0v) is 10.6. The minimum atomic E-state index is -0.486. The molecular formula is C14H17N3O2. The number of nitrogens with two attached hydrogens (primary N) is 1. The first-order valence-electron chi connectivity index (χ1n) is 6.33. The van der Waals surface area contributed by atoms with E-state index in [0.29, 0.717) is 31.5 Å². The number of aliphatic hydroxyl groups is 1. The van der Waals surface area contributed by atoms with Gasteiger partial charge in [-0.15, -0.1) is 0 Å². The molecule has 1 saturated heterocycles. The summed E-state index contributed by atoms with van der Waals surface area (Å²) in [4.78, 5) is 13.7. The Bertz CT molecular complexity index is 484. The third-order valence-corrected chi connectivity index (χ3v) is 3.49. The molecule has 0 bridgehead atoms. The maximum Gasteiger partial charge on any atom is 0.239 e. The standard InChI is InChI=1S/C14H17N3O2/c15-9-10-1-3-11(4-2-10)13(14(16)19)17-7-5-12(18)6-8-17/h1-4,12-13,18H,5-8H2,(H2,16,19). The maximum absolute atomic E-state index is 11.7. The Hall–Kier alpha value is -1.90. The van der Waals surface area contributed by atoms with Gasteiger partial charge in [0.15, 0.2) is 0 Å². The van der Waals surface area contributed by atoms with E-state index in [1.165, 1.54) is 0 Å². The molecule has 5 nitrogen and oxygen atoms in total. The SMILES string of the molecule is N#Cc1ccc(C(C(N)=O)N2CCC(O)CC2)cc1. The zero-order chi connectivity index (χ0) is 13.8. The number of primary amides is 1. The fourth-order valence-corrected chi connectivity index (χ4v) is 2.44. The van der Waals surface area contributed by atoms with Gasteiger partial charge in [0.05, 0.1) is 17.7 Å². The third kappa shape index (κ3) is 3.11. The van der Waals surface area contributed by atoms with Crippen molar-refractivity contribution in [2.75, 3.05) is 13.1 Å². The van der Waals surface area contributed by atoms with Crippen molar-refractivity contribution in [3.63, 3.8) is 0 Å². The summed E-state index contributed by atoms with van der Waals surface area (Å²) >= 11 is 0. The van der Waals surface area contributed by atoms with Gasteiger partial charge in [0.25, 0.3) is 0 Å². The van der Waals surface area contributed by atoms with Crippen molar-refractivity contribution in [2.45, 2.75) is 25.0 Å². The van der Waals surface area contributed by atoms with E-state index in [0.717, 1.165) is 5.56 Å². The molecule has 100 valence electrons. The van der Waals surface area contributed by atoms with Gasteiger partial charge in [-0.25, -0.2) is 0 Å².